The van der Waals surface area contributed by atoms with E-state index in [0.717, 1.165) is 52.5 Å². The summed E-state index contributed by atoms with van der Waals surface area (Å²) in [7, 11) is 0. The number of thiophene rings is 1. The molecule has 2 aromatic carbocycles. The molecule has 1 atom stereocenters. The summed E-state index contributed by atoms with van der Waals surface area (Å²) in [5.74, 6) is 0.368. The average Bonchev–Trinajstić information content (AvgIpc) is 3.19. The molecule has 0 radical (unpaired) electrons. The van der Waals surface area contributed by atoms with E-state index in [1.807, 2.05) is 61.5 Å². The molecule has 0 fully saturated rings. The van der Waals surface area contributed by atoms with Gasteiger partial charge in [0.25, 0.3) is 5.91 Å². The van der Waals surface area contributed by atoms with Gasteiger partial charge in [0, 0.05) is 15.8 Å². The summed E-state index contributed by atoms with van der Waals surface area (Å²) < 4.78 is 0. The maximum absolute atomic E-state index is 13.7. The van der Waals surface area contributed by atoms with Crippen molar-refractivity contribution >= 4 is 33.1 Å². The van der Waals surface area contributed by atoms with Crippen LogP contribution in [-0.2, 0) is 12.8 Å². The second-order valence-electron chi connectivity index (χ2n) is 10.5. The molecular formula is C30H29N3OS. The molecule has 1 unspecified atom stereocenters. The Kier molecular flexibility index (Phi) is 5.94. The predicted molar refractivity (Wildman–Crippen MR) is 144 cm³/mol. The zero-order chi connectivity index (χ0) is 24.7. The van der Waals surface area contributed by atoms with Crippen LogP contribution in [0.25, 0.3) is 22.2 Å². The largest absolute Gasteiger partial charge is 0.312 e. The first-order chi connectivity index (χ1) is 16.7. The molecule has 176 valence electrons. The molecule has 2 aromatic heterocycles. The Hall–Kier alpha value is -3.49. The van der Waals surface area contributed by atoms with Crippen LogP contribution in [0.4, 0.5) is 5.00 Å². The standard InChI is InChI=1S/C30H29N3OS/c1-18-10-13-25-22(14-18)23(16-26(32-25)19-8-6-5-7-9-19)28(34)33-29-24(17-31)21-12-11-20(30(2,3)4)15-27(21)35-29/h5-10,13-14,16,20H,11-12,15H2,1-4H3,(H,33,34). The van der Waals surface area contributed by atoms with Crippen molar-refractivity contribution in [2.75, 3.05) is 5.32 Å². The van der Waals surface area contributed by atoms with Crippen LogP contribution < -0.4 is 5.32 Å². The molecule has 0 saturated heterocycles. The molecule has 1 aliphatic carbocycles. The lowest BCUT2D eigenvalue weighted by Gasteiger charge is -2.33. The van der Waals surface area contributed by atoms with Crippen LogP contribution in [0, 0.1) is 29.6 Å². The summed E-state index contributed by atoms with van der Waals surface area (Å²) in [6.45, 7) is 8.86. The SMILES string of the molecule is Cc1ccc2nc(-c3ccccc3)cc(C(=O)Nc3sc4c(c3C#N)CCC(C(C)(C)C)C4)c2c1. The number of carbonyl (C=O) groups is 1. The van der Waals surface area contributed by atoms with E-state index in [0.29, 0.717) is 22.0 Å². The number of fused-ring (bicyclic) bond motifs is 2. The number of nitrogens with one attached hydrogen (secondary N) is 1. The second kappa shape index (κ2) is 8.94. The first-order valence-electron chi connectivity index (χ1n) is 12.1. The number of carbonyl (C=O) groups excluding carboxylic acids is 1. The highest BCUT2D eigenvalue weighted by Crippen LogP contribution is 2.44. The van der Waals surface area contributed by atoms with Gasteiger partial charge in [-0.1, -0.05) is 62.7 Å². The molecule has 0 spiro atoms. The van der Waals surface area contributed by atoms with E-state index in [-0.39, 0.29) is 11.3 Å². The molecule has 5 heteroatoms. The van der Waals surface area contributed by atoms with Gasteiger partial charge in [0.05, 0.1) is 22.3 Å². The van der Waals surface area contributed by atoms with Crippen molar-refractivity contribution in [1.29, 1.82) is 5.26 Å². The third-order valence-electron chi connectivity index (χ3n) is 7.11. The molecule has 1 amide bonds. The topological polar surface area (TPSA) is 65.8 Å². The van der Waals surface area contributed by atoms with Crippen molar-refractivity contribution in [2.45, 2.75) is 47.0 Å². The van der Waals surface area contributed by atoms with Crippen molar-refractivity contribution in [3.8, 4) is 17.3 Å². The fourth-order valence-electron chi connectivity index (χ4n) is 4.99. The molecule has 0 bridgehead atoms. The number of benzene rings is 2. The van der Waals surface area contributed by atoms with E-state index < -0.39 is 0 Å². The lowest BCUT2D eigenvalue weighted by molar-refractivity contribution is 0.102. The number of pyridine rings is 1. The van der Waals surface area contributed by atoms with Gasteiger partial charge in [0.2, 0.25) is 0 Å². The molecule has 1 N–H and O–H groups in total. The van der Waals surface area contributed by atoms with Crippen molar-refractivity contribution in [1.82, 2.24) is 4.98 Å². The van der Waals surface area contributed by atoms with Gasteiger partial charge in [0.1, 0.15) is 11.1 Å². The molecule has 0 aliphatic heterocycles. The van der Waals surface area contributed by atoms with Gasteiger partial charge in [0.15, 0.2) is 0 Å². The second-order valence-corrected chi connectivity index (χ2v) is 11.6. The highest BCUT2D eigenvalue weighted by atomic mass is 32.1. The Labute approximate surface area is 210 Å². The number of aromatic nitrogens is 1. The molecule has 2 heterocycles. The van der Waals surface area contributed by atoms with Crippen LogP contribution in [0.15, 0.2) is 54.6 Å². The molecule has 4 aromatic rings. The van der Waals surface area contributed by atoms with Crippen molar-refractivity contribution in [3.63, 3.8) is 0 Å². The van der Waals surface area contributed by atoms with Gasteiger partial charge >= 0.3 is 0 Å². The molecule has 4 nitrogen and oxygen atoms in total. The highest BCUT2D eigenvalue weighted by molar-refractivity contribution is 7.16. The van der Waals surface area contributed by atoms with Crippen LogP contribution in [0.1, 0.15) is 59.1 Å². The minimum atomic E-state index is -0.206. The van der Waals surface area contributed by atoms with E-state index in [1.54, 1.807) is 11.3 Å². The van der Waals surface area contributed by atoms with Gasteiger partial charge < -0.3 is 5.32 Å². The van der Waals surface area contributed by atoms with E-state index in [9.17, 15) is 10.1 Å². The van der Waals surface area contributed by atoms with Crippen LogP contribution >= 0.6 is 11.3 Å². The van der Waals surface area contributed by atoms with Crippen LogP contribution in [0.3, 0.4) is 0 Å². The number of hydrogen-bond acceptors (Lipinski definition) is 4. The number of nitriles is 1. The molecule has 35 heavy (non-hydrogen) atoms. The Morgan fingerprint density at radius 3 is 2.63 bits per heavy atom. The Morgan fingerprint density at radius 2 is 1.91 bits per heavy atom. The number of rotatable bonds is 3. The fourth-order valence-corrected chi connectivity index (χ4v) is 6.26. The summed E-state index contributed by atoms with van der Waals surface area (Å²) in [4.78, 5) is 19.8. The Morgan fingerprint density at radius 1 is 1.14 bits per heavy atom. The van der Waals surface area contributed by atoms with Crippen molar-refractivity contribution in [3.05, 3.63) is 81.7 Å². The molecule has 5 rings (SSSR count). The predicted octanol–water partition coefficient (Wildman–Crippen LogP) is 7.55. The first kappa shape index (κ1) is 23.3. The molecule has 1 aliphatic rings. The third kappa shape index (κ3) is 4.47. The maximum Gasteiger partial charge on any atom is 0.257 e. The van der Waals surface area contributed by atoms with Crippen molar-refractivity contribution in [2.24, 2.45) is 11.3 Å². The molecular weight excluding hydrogens is 450 g/mol. The summed E-state index contributed by atoms with van der Waals surface area (Å²) in [5, 5.41) is 14.6. The van der Waals surface area contributed by atoms with Gasteiger partial charge in [-0.3, -0.25) is 4.79 Å². The number of amides is 1. The third-order valence-corrected chi connectivity index (χ3v) is 8.28. The van der Waals surface area contributed by atoms with Crippen LogP contribution in [0.2, 0.25) is 0 Å². The smallest absolute Gasteiger partial charge is 0.257 e. The van der Waals surface area contributed by atoms with Gasteiger partial charge in [-0.2, -0.15) is 5.26 Å². The number of aryl methyl sites for hydroxylation is 1. The zero-order valence-electron chi connectivity index (χ0n) is 20.6. The summed E-state index contributed by atoms with van der Waals surface area (Å²) in [6, 6.07) is 20.1. The summed E-state index contributed by atoms with van der Waals surface area (Å²) in [5.41, 5.74) is 6.10. The summed E-state index contributed by atoms with van der Waals surface area (Å²) in [6.07, 6.45) is 2.93. The quantitative estimate of drug-likeness (QED) is 0.330. The van der Waals surface area contributed by atoms with E-state index in [2.05, 4.69) is 32.2 Å². The minimum Gasteiger partial charge on any atom is -0.312 e. The number of nitrogens with zero attached hydrogens (tertiary/aromatic N) is 2. The average molecular weight is 480 g/mol. The maximum atomic E-state index is 13.7. The Bertz CT molecular complexity index is 1470. The highest BCUT2D eigenvalue weighted by Gasteiger charge is 2.32. The van der Waals surface area contributed by atoms with Gasteiger partial charge in [-0.05, 0) is 61.3 Å². The van der Waals surface area contributed by atoms with Crippen LogP contribution in [-0.4, -0.2) is 10.9 Å². The first-order valence-corrected chi connectivity index (χ1v) is 12.9. The number of anilines is 1. The van der Waals surface area contributed by atoms with E-state index in [1.165, 1.54) is 4.88 Å². The van der Waals surface area contributed by atoms with E-state index >= 15 is 0 Å². The van der Waals surface area contributed by atoms with Gasteiger partial charge in [-0.15, -0.1) is 11.3 Å². The monoisotopic (exact) mass is 479 g/mol. The zero-order valence-corrected chi connectivity index (χ0v) is 21.4. The van der Waals surface area contributed by atoms with Crippen LogP contribution in [0.5, 0.6) is 0 Å². The molecule has 0 saturated carbocycles. The lowest BCUT2D eigenvalue weighted by atomic mass is 9.72. The lowest BCUT2D eigenvalue weighted by Crippen LogP contribution is -2.26. The van der Waals surface area contributed by atoms with E-state index in [4.69, 9.17) is 4.98 Å². The minimum absolute atomic E-state index is 0.206. The van der Waals surface area contributed by atoms with Gasteiger partial charge in [-0.25, -0.2) is 4.98 Å². The normalized spacial score (nSPS) is 15.5. The van der Waals surface area contributed by atoms with Crippen molar-refractivity contribution < 1.29 is 4.79 Å². The fraction of sp³-hybridized carbons (Fsp3) is 0.300. The number of hydrogen-bond donors (Lipinski definition) is 1. The summed E-state index contributed by atoms with van der Waals surface area (Å²) >= 11 is 1.57. The Balaban J connectivity index is 1.55.